The van der Waals surface area contributed by atoms with Crippen LogP contribution in [0.1, 0.15) is 60.2 Å². The number of ketones is 2. The average Bonchev–Trinajstić information content (AvgIpc) is 3.55. The Morgan fingerprint density at radius 1 is 0.696 bits per heavy atom. The standard InChI is InChI=1S/C32H30O14/c1-13-9-21(37)43-27(13)31(29(39)41-3)11-19(35)23-17(33)7-5-15(25(23)45-31)16-6-8-18(34)24-20(36)12-32(30(40)42-4,46-26(16)24)28-14(2)10-22(38)44-28/h5-8,13-14,27-28,33-34H,9-12H2,1-4H3/t13-,14-,27-,28+,31-,32+/m0/s1. The topological polar surface area (TPSA) is 198 Å². The van der Waals surface area contributed by atoms with Gasteiger partial charge < -0.3 is 38.6 Å². The Balaban J connectivity index is 1.57. The van der Waals surface area contributed by atoms with Gasteiger partial charge in [0.1, 0.15) is 34.1 Å². The third-order valence-electron chi connectivity index (χ3n) is 9.04. The van der Waals surface area contributed by atoms with Crippen molar-refractivity contribution in [2.24, 2.45) is 11.8 Å². The number of benzene rings is 2. The molecule has 0 amide bonds. The number of hydrogen-bond acceptors (Lipinski definition) is 14. The average molecular weight is 639 g/mol. The van der Waals surface area contributed by atoms with Crippen LogP contribution in [0.25, 0.3) is 11.1 Å². The molecule has 4 aliphatic heterocycles. The third-order valence-corrected chi connectivity index (χ3v) is 9.04. The second-order valence-corrected chi connectivity index (χ2v) is 12.0. The minimum Gasteiger partial charge on any atom is -0.507 e. The zero-order valence-corrected chi connectivity index (χ0v) is 25.2. The number of esters is 4. The van der Waals surface area contributed by atoms with Crippen LogP contribution < -0.4 is 9.47 Å². The lowest BCUT2D eigenvalue weighted by Crippen LogP contribution is -2.59. The fourth-order valence-electron chi connectivity index (χ4n) is 6.99. The lowest BCUT2D eigenvalue weighted by atomic mass is 9.78. The number of fused-ring (bicyclic) bond motifs is 2. The molecule has 46 heavy (non-hydrogen) atoms. The van der Waals surface area contributed by atoms with Crippen LogP contribution >= 0.6 is 0 Å². The van der Waals surface area contributed by atoms with E-state index in [-0.39, 0.29) is 46.6 Å². The Hall–Kier alpha value is -5.14. The molecule has 4 aliphatic rings. The number of carbonyl (C=O) groups is 6. The molecule has 0 saturated carbocycles. The number of methoxy groups -OCH3 is 2. The van der Waals surface area contributed by atoms with Gasteiger partial charge in [0.05, 0.1) is 39.9 Å². The monoisotopic (exact) mass is 638 g/mol. The summed E-state index contributed by atoms with van der Waals surface area (Å²) in [5.41, 5.74) is -4.90. The van der Waals surface area contributed by atoms with Gasteiger partial charge in [0, 0.05) is 23.0 Å². The lowest BCUT2D eigenvalue weighted by molar-refractivity contribution is -0.178. The highest BCUT2D eigenvalue weighted by atomic mass is 16.6. The van der Waals surface area contributed by atoms with Crippen molar-refractivity contribution in [3.63, 3.8) is 0 Å². The van der Waals surface area contributed by atoms with Crippen molar-refractivity contribution < 1.29 is 67.4 Å². The Bertz CT molecular complexity index is 1600. The Morgan fingerprint density at radius 3 is 1.37 bits per heavy atom. The first-order valence-electron chi connectivity index (χ1n) is 14.5. The number of cyclic esters (lactones) is 2. The zero-order valence-electron chi connectivity index (χ0n) is 25.2. The first kappa shape index (κ1) is 30.9. The van der Waals surface area contributed by atoms with Crippen molar-refractivity contribution in [1.29, 1.82) is 0 Å². The van der Waals surface area contributed by atoms with E-state index in [2.05, 4.69) is 0 Å². The summed E-state index contributed by atoms with van der Waals surface area (Å²) in [6, 6.07) is 5.03. The minimum absolute atomic E-state index is 0.00675. The molecule has 14 nitrogen and oxygen atoms in total. The second kappa shape index (κ2) is 10.7. The van der Waals surface area contributed by atoms with Crippen LogP contribution in [0.3, 0.4) is 0 Å². The highest BCUT2D eigenvalue weighted by Crippen LogP contribution is 2.53. The number of phenolic OH excluding ortho intramolecular Hbond substituents is 2. The van der Waals surface area contributed by atoms with Gasteiger partial charge in [0.2, 0.25) is 11.2 Å². The molecule has 2 N–H and O–H groups in total. The molecule has 2 saturated heterocycles. The molecule has 6 rings (SSSR count). The van der Waals surface area contributed by atoms with Crippen LogP contribution in [-0.2, 0) is 38.1 Å². The maximum Gasteiger partial charge on any atom is 0.354 e. The molecule has 0 spiro atoms. The van der Waals surface area contributed by atoms with Crippen LogP contribution in [0, 0.1) is 11.8 Å². The van der Waals surface area contributed by atoms with Crippen LogP contribution in [0.2, 0.25) is 0 Å². The van der Waals surface area contributed by atoms with E-state index in [1.807, 2.05) is 0 Å². The largest absolute Gasteiger partial charge is 0.507 e. The van der Waals surface area contributed by atoms with Gasteiger partial charge in [0.25, 0.3) is 0 Å². The summed E-state index contributed by atoms with van der Waals surface area (Å²) in [4.78, 5) is 78.7. The summed E-state index contributed by atoms with van der Waals surface area (Å²) >= 11 is 0. The Kier molecular flexibility index (Phi) is 7.21. The number of Topliss-reactive ketones (excluding diaryl/α,β-unsaturated/α-hetero) is 2. The highest BCUT2D eigenvalue weighted by molar-refractivity contribution is 6.11. The van der Waals surface area contributed by atoms with Crippen molar-refractivity contribution in [3.8, 4) is 34.1 Å². The second-order valence-electron chi connectivity index (χ2n) is 12.0. The summed E-state index contributed by atoms with van der Waals surface area (Å²) in [7, 11) is 2.16. The summed E-state index contributed by atoms with van der Waals surface area (Å²) < 4.78 is 33.6. The van der Waals surface area contributed by atoms with Gasteiger partial charge in [-0.2, -0.15) is 0 Å². The number of rotatable bonds is 5. The van der Waals surface area contributed by atoms with E-state index >= 15 is 0 Å². The molecule has 2 fully saturated rings. The van der Waals surface area contributed by atoms with E-state index in [1.165, 1.54) is 24.3 Å². The fourth-order valence-corrected chi connectivity index (χ4v) is 6.99. The van der Waals surface area contributed by atoms with Gasteiger partial charge >= 0.3 is 23.9 Å². The van der Waals surface area contributed by atoms with Crippen molar-refractivity contribution in [1.82, 2.24) is 0 Å². The van der Waals surface area contributed by atoms with Gasteiger partial charge in [-0.15, -0.1) is 0 Å². The Morgan fingerprint density at radius 2 is 1.07 bits per heavy atom. The zero-order chi connectivity index (χ0) is 33.3. The Labute approximate surface area is 261 Å². The van der Waals surface area contributed by atoms with Gasteiger partial charge in [-0.1, -0.05) is 13.8 Å². The van der Waals surface area contributed by atoms with Gasteiger partial charge in [0.15, 0.2) is 23.8 Å². The maximum atomic E-state index is 13.7. The van der Waals surface area contributed by atoms with Crippen LogP contribution in [0.4, 0.5) is 0 Å². The van der Waals surface area contributed by atoms with E-state index in [1.54, 1.807) is 13.8 Å². The van der Waals surface area contributed by atoms with Gasteiger partial charge in [-0.3, -0.25) is 19.2 Å². The fraction of sp³-hybridized carbons (Fsp3) is 0.438. The number of aromatic hydroxyl groups is 2. The summed E-state index contributed by atoms with van der Waals surface area (Å²) in [5.74, 6) is -7.46. The van der Waals surface area contributed by atoms with Gasteiger partial charge in [-0.25, -0.2) is 9.59 Å². The number of ether oxygens (including phenoxy) is 6. The predicted molar refractivity (Wildman–Crippen MR) is 151 cm³/mol. The number of hydrogen-bond donors (Lipinski definition) is 2. The van der Waals surface area contributed by atoms with E-state index in [9.17, 15) is 39.0 Å². The van der Waals surface area contributed by atoms with Crippen molar-refractivity contribution in [2.75, 3.05) is 14.2 Å². The van der Waals surface area contributed by atoms with E-state index in [0.29, 0.717) is 0 Å². The first-order chi connectivity index (χ1) is 21.8. The summed E-state index contributed by atoms with van der Waals surface area (Å²) in [6.45, 7) is 3.29. The van der Waals surface area contributed by atoms with E-state index in [0.717, 1.165) is 14.2 Å². The molecule has 0 unspecified atom stereocenters. The number of phenols is 2. The summed E-state index contributed by atoms with van der Waals surface area (Å²) in [6.07, 6.45) is -3.85. The van der Waals surface area contributed by atoms with Crippen LogP contribution in [-0.4, -0.2) is 83.3 Å². The molecule has 6 atom stereocenters. The molecular weight excluding hydrogens is 608 g/mol. The molecule has 0 aromatic heterocycles. The molecule has 2 aromatic rings. The quantitative estimate of drug-likeness (QED) is 0.357. The lowest BCUT2D eigenvalue weighted by Gasteiger charge is -2.41. The van der Waals surface area contributed by atoms with E-state index < -0.39 is 95.0 Å². The first-order valence-corrected chi connectivity index (χ1v) is 14.5. The van der Waals surface area contributed by atoms with Crippen molar-refractivity contribution in [3.05, 3.63) is 35.4 Å². The van der Waals surface area contributed by atoms with E-state index in [4.69, 9.17) is 28.4 Å². The molecule has 14 heteroatoms. The minimum atomic E-state index is -2.15. The molecule has 4 heterocycles. The normalized spacial score (nSPS) is 29.9. The van der Waals surface area contributed by atoms with Crippen molar-refractivity contribution >= 4 is 35.4 Å². The van der Waals surface area contributed by atoms with Crippen molar-refractivity contribution in [2.45, 2.75) is 62.9 Å². The predicted octanol–water partition coefficient (Wildman–Crippen LogP) is 2.42. The summed E-state index contributed by atoms with van der Waals surface area (Å²) in [5, 5.41) is 21.6. The maximum absolute atomic E-state index is 13.7. The molecule has 242 valence electrons. The highest BCUT2D eigenvalue weighted by Gasteiger charge is 2.62. The third kappa shape index (κ3) is 4.37. The van der Waals surface area contributed by atoms with Crippen LogP contribution in [0.5, 0.6) is 23.0 Å². The molecular formula is C32H30O14. The van der Waals surface area contributed by atoms with Crippen LogP contribution in [0.15, 0.2) is 24.3 Å². The van der Waals surface area contributed by atoms with Gasteiger partial charge in [-0.05, 0) is 24.3 Å². The number of carbonyl (C=O) groups excluding carboxylic acids is 6. The SMILES string of the molecule is COC(=O)[C@]1([C@@H]2OC(=O)C[C@@H]2C)CC(=O)c2c(O)ccc(-c3ccc(O)c4c3O[C@](C(=O)OC)([C@H]3OC(=O)C[C@@H]3C)CC4=O)c2O1. The molecule has 0 bridgehead atoms. The smallest absolute Gasteiger partial charge is 0.354 e. The molecule has 0 radical (unpaired) electrons. The molecule has 2 aromatic carbocycles. The molecule has 0 aliphatic carbocycles.